The highest BCUT2D eigenvalue weighted by Gasteiger charge is 2.31. The first-order chi connectivity index (χ1) is 13.6. The number of piperazine rings is 2. The fourth-order valence-electron chi connectivity index (χ4n) is 4.14. The summed E-state index contributed by atoms with van der Waals surface area (Å²) in [5.41, 5.74) is 0. The van der Waals surface area contributed by atoms with Crippen LogP contribution in [0.3, 0.4) is 0 Å². The van der Waals surface area contributed by atoms with Gasteiger partial charge in [-0.25, -0.2) is 0 Å². The van der Waals surface area contributed by atoms with E-state index >= 15 is 0 Å². The van der Waals surface area contributed by atoms with Crippen LogP contribution in [0, 0.1) is 0 Å². The van der Waals surface area contributed by atoms with Gasteiger partial charge in [-0.1, -0.05) is 0 Å². The Morgan fingerprint density at radius 3 is 2.39 bits per heavy atom. The Balaban J connectivity index is 1.49. The smallest absolute Gasteiger partial charge is 0.251 e. The first kappa shape index (κ1) is 21.3. The molecule has 28 heavy (non-hydrogen) atoms. The number of hydrogen-bond acceptors (Lipinski definition) is 5. The van der Waals surface area contributed by atoms with Crippen molar-refractivity contribution in [1.29, 1.82) is 0 Å². The van der Waals surface area contributed by atoms with Gasteiger partial charge in [0.1, 0.15) is 6.10 Å². The molecule has 0 aliphatic carbocycles. The van der Waals surface area contributed by atoms with Crippen LogP contribution in [0.15, 0.2) is 4.99 Å². The minimum Gasteiger partial charge on any atom is -0.368 e. The molecule has 0 aromatic carbocycles. The maximum Gasteiger partial charge on any atom is 0.251 e. The normalized spacial score (nSPS) is 26.5. The standard InChI is InChI=1S/C20H38N6O2/c1-4-21-20(22-16-17(2)24-9-7-23(3)8-10-24)26-13-11-25(12-14-26)19(27)18-6-5-15-28-18/h17-18H,4-16H2,1-3H3,(H,21,22). The Hall–Kier alpha value is -1.38. The predicted molar refractivity (Wildman–Crippen MR) is 112 cm³/mol. The number of nitrogens with one attached hydrogen (secondary N) is 1. The minimum atomic E-state index is -0.210. The number of likely N-dealkylation sites (N-methyl/N-ethyl adjacent to an activating group) is 1. The topological polar surface area (TPSA) is 63.7 Å². The average molecular weight is 395 g/mol. The van der Waals surface area contributed by atoms with Crippen LogP contribution in [0.5, 0.6) is 0 Å². The van der Waals surface area contributed by atoms with E-state index in [2.05, 4.69) is 40.9 Å². The zero-order valence-electron chi connectivity index (χ0n) is 17.9. The molecule has 2 atom stereocenters. The molecule has 3 aliphatic heterocycles. The Kier molecular flexibility index (Phi) is 7.93. The number of nitrogens with zero attached hydrogens (tertiary/aromatic N) is 5. The van der Waals surface area contributed by atoms with Gasteiger partial charge < -0.3 is 24.8 Å². The van der Waals surface area contributed by atoms with Gasteiger partial charge in [0.2, 0.25) is 0 Å². The molecule has 3 aliphatic rings. The van der Waals surface area contributed by atoms with Crippen molar-refractivity contribution in [2.75, 3.05) is 79.1 Å². The number of amides is 1. The summed E-state index contributed by atoms with van der Waals surface area (Å²) >= 11 is 0. The predicted octanol–water partition coefficient (Wildman–Crippen LogP) is -0.0890. The molecule has 1 amide bonds. The van der Waals surface area contributed by atoms with Crippen LogP contribution in [0.25, 0.3) is 0 Å². The van der Waals surface area contributed by atoms with E-state index in [1.807, 2.05) is 4.90 Å². The first-order valence-electron chi connectivity index (χ1n) is 10.9. The lowest BCUT2D eigenvalue weighted by molar-refractivity contribution is -0.142. The maximum atomic E-state index is 12.5. The molecule has 8 nitrogen and oxygen atoms in total. The van der Waals surface area contributed by atoms with Crippen LogP contribution >= 0.6 is 0 Å². The summed E-state index contributed by atoms with van der Waals surface area (Å²) in [5.74, 6) is 1.15. The van der Waals surface area contributed by atoms with Gasteiger partial charge in [-0.3, -0.25) is 14.7 Å². The molecule has 0 aromatic rings. The quantitative estimate of drug-likeness (QED) is 0.520. The molecule has 1 N–H and O–H groups in total. The first-order valence-corrected chi connectivity index (χ1v) is 10.9. The highest BCUT2D eigenvalue weighted by molar-refractivity contribution is 5.82. The molecule has 160 valence electrons. The number of hydrogen-bond donors (Lipinski definition) is 1. The van der Waals surface area contributed by atoms with Crippen molar-refractivity contribution >= 4 is 11.9 Å². The highest BCUT2D eigenvalue weighted by Crippen LogP contribution is 2.16. The van der Waals surface area contributed by atoms with Gasteiger partial charge in [-0.2, -0.15) is 0 Å². The lowest BCUT2D eigenvalue weighted by Gasteiger charge is -2.38. The fraction of sp³-hybridized carbons (Fsp3) is 0.900. The zero-order valence-corrected chi connectivity index (χ0v) is 17.9. The van der Waals surface area contributed by atoms with Crippen molar-refractivity contribution in [3.8, 4) is 0 Å². The number of carbonyl (C=O) groups is 1. The lowest BCUT2D eigenvalue weighted by Crippen LogP contribution is -2.55. The van der Waals surface area contributed by atoms with Crippen LogP contribution in [0.4, 0.5) is 0 Å². The molecule has 2 unspecified atom stereocenters. The molecule has 8 heteroatoms. The van der Waals surface area contributed by atoms with Crippen LogP contribution < -0.4 is 5.32 Å². The van der Waals surface area contributed by atoms with Crippen molar-refractivity contribution in [2.24, 2.45) is 4.99 Å². The van der Waals surface area contributed by atoms with E-state index in [9.17, 15) is 4.79 Å². The molecule has 0 spiro atoms. The van der Waals surface area contributed by atoms with E-state index in [4.69, 9.17) is 9.73 Å². The molecule has 0 aromatic heterocycles. The summed E-state index contributed by atoms with van der Waals surface area (Å²) in [7, 11) is 2.19. The highest BCUT2D eigenvalue weighted by atomic mass is 16.5. The fourth-order valence-corrected chi connectivity index (χ4v) is 4.14. The SMILES string of the molecule is CCNC(=NCC(C)N1CCN(C)CC1)N1CCN(C(=O)C2CCCO2)CC1. The monoisotopic (exact) mass is 394 g/mol. The number of rotatable bonds is 5. The number of carbonyl (C=O) groups excluding carboxylic acids is 1. The van der Waals surface area contributed by atoms with Crippen LogP contribution in [0.2, 0.25) is 0 Å². The van der Waals surface area contributed by atoms with Gasteiger partial charge in [-0.15, -0.1) is 0 Å². The van der Waals surface area contributed by atoms with Gasteiger partial charge in [0.25, 0.3) is 5.91 Å². The van der Waals surface area contributed by atoms with Crippen LogP contribution in [0.1, 0.15) is 26.7 Å². The van der Waals surface area contributed by atoms with Gasteiger partial charge in [0, 0.05) is 71.6 Å². The summed E-state index contributed by atoms with van der Waals surface area (Å²) in [5, 5.41) is 3.44. The van der Waals surface area contributed by atoms with E-state index in [-0.39, 0.29) is 12.0 Å². The van der Waals surface area contributed by atoms with E-state index in [0.29, 0.717) is 6.04 Å². The summed E-state index contributed by atoms with van der Waals surface area (Å²) in [6.45, 7) is 14.4. The van der Waals surface area contributed by atoms with E-state index < -0.39 is 0 Å². The van der Waals surface area contributed by atoms with E-state index in [1.54, 1.807) is 0 Å². The second kappa shape index (κ2) is 10.4. The molecule has 3 heterocycles. The summed E-state index contributed by atoms with van der Waals surface area (Å²) < 4.78 is 5.56. The largest absolute Gasteiger partial charge is 0.368 e. The van der Waals surface area contributed by atoms with Crippen LogP contribution in [-0.2, 0) is 9.53 Å². The Labute approximate surface area is 169 Å². The Morgan fingerprint density at radius 1 is 1.11 bits per heavy atom. The van der Waals surface area contributed by atoms with Crippen molar-refractivity contribution in [3.05, 3.63) is 0 Å². The molecule has 0 radical (unpaired) electrons. The van der Waals surface area contributed by atoms with E-state index in [0.717, 1.165) is 90.9 Å². The third-order valence-corrected chi connectivity index (χ3v) is 6.10. The Bertz CT molecular complexity index is 521. The average Bonchev–Trinajstić information content (AvgIpc) is 3.26. The lowest BCUT2D eigenvalue weighted by atomic mass is 10.2. The summed E-state index contributed by atoms with van der Waals surface area (Å²) in [6, 6.07) is 0.449. The molecular formula is C20H38N6O2. The van der Waals surface area contributed by atoms with E-state index in [1.165, 1.54) is 0 Å². The second-order valence-electron chi connectivity index (χ2n) is 8.20. The van der Waals surface area contributed by atoms with Crippen molar-refractivity contribution in [1.82, 2.24) is 24.9 Å². The van der Waals surface area contributed by atoms with Gasteiger partial charge in [0.05, 0.1) is 6.54 Å². The molecule has 3 rings (SSSR count). The van der Waals surface area contributed by atoms with Gasteiger partial charge in [0.15, 0.2) is 5.96 Å². The summed E-state index contributed by atoms with van der Waals surface area (Å²) in [4.78, 5) is 26.6. The van der Waals surface area contributed by atoms with Gasteiger partial charge >= 0.3 is 0 Å². The molecule has 0 saturated carbocycles. The molecule has 0 bridgehead atoms. The number of ether oxygens (including phenoxy) is 1. The summed E-state index contributed by atoms with van der Waals surface area (Å²) in [6.07, 6.45) is 1.66. The maximum absolute atomic E-state index is 12.5. The second-order valence-corrected chi connectivity index (χ2v) is 8.20. The Morgan fingerprint density at radius 2 is 1.79 bits per heavy atom. The third kappa shape index (κ3) is 5.58. The molecule has 3 fully saturated rings. The minimum absolute atomic E-state index is 0.169. The van der Waals surface area contributed by atoms with Crippen molar-refractivity contribution in [2.45, 2.75) is 38.8 Å². The van der Waals surface area contributed by atoms with Crippen LogP contribution in [-0.4, -0.2) is 123 Å². The number of aliphatic imine (C=N–C) groups is 1. The molecular weight excluding hydrogens is 356 g/mol. The third-order valence-electron chi connectivity index (χ3n) is 6.10. The zero-order chi connectivity index (χ0) is 19.9. The molecule has 3 saturated heterocycles. The van der Waals surface area contributed by atoms with Gasteiger partial charge in [-0.05, 0) is 33.7 Å². The van der Waals surface area contributed by atoms with Crippen molar-refractivity contribution < 1.29 is 9.53 Å². The number of guanidine groups is 1. The van der Waals surface area contributed by atoms with Crippen molar-refractivity contribution in [3.63, 3.8) is 0 Å².